The zero-order valence-corrected chi connectivity index (χ0v) is 14.0. The van der Waals surface area contributed by atoms with Crippen LogP contribution in [-0.2, 0) is 0 Å². The van der Waals surface area contributed by atoms with Crippen molar-refractivity contribution in [3.63, 3.8) is 0 Å². The number of hydrogen-bond donors (Lipinski definition) is 0. The van der Waals surface area contributed by atoms with E-state index in [2.05, 4.69) is 5.10 Å². The average Bonchev–Trinajstić information content (AvgIpc) is 2.82. The van der Waals surface area contributed by atoms with Gasteiger partial charge >= 0.3 is 0 Å². The minimum absolute atomic E-state index is 0.0326. The number of nitrogens with zero attached hydrogens (tertiary/aromatic N) is 2. The number of aryl methyl sites for hydroxylation is 1. The van der Waals surface area contributed by atoms with Gasteiger partial charge in [0.15, 0.2) is 5.78 Å². The molecule has 2 aromatic heterocycles. The fraction of sp³-hybridized carbons (Fsp3) is 0.263. The maximum Gasteiger partial charge on any atom is 0.161 e. The molecule has 0 unspecified atom stereocenters. The number of benzene rings is 1. The maximum absolute atomic E-state index is 14.3. The standard InChI is InChI=1S/C19H18F2N2O/c1-10(2)19-13(12(4)24)8-9-16-17(11(3)22-23(16)19)18-14(20)6-5-7-15(18)21/h5-10H,1-4H3. The summed E-state index contributed by atoms with van der Waals surface area (Å²) in [6.45, 7) is 7.13. The number of aromatic nitrogens is 2. The molecule has 0 fully saturated rings. The van der Waals surface area contributed by atoms with Crippen LogP contribution in [0, 0.1) is 18.6 Å². The molecule has 0 aliphatic carbocycles. The van der Waals surface area contributed by atoms with E-state index < -0.39 is 11.6 Å². The Morgan fingerprint density at radius 2 is 1.71 bits per heavy atom. The Bertz CT molecular complexity index is 937. The van der Waals surface area contributed by atoms with E-state index in [1.165, 1.54) is 25.1 Å². The predicted octanol–water partition coefficient (Wildman–Crippen LogP) is 4.91. The average molecular weight is 328 g/mol. The fourth-order valence-electron chi connectivity index (χ4n) is 3.14. The highest BCUT2D eigenvalue weighted by atomic mass is 19.1. The molecule has 0 aliphatic heterocycles. The second-order valence-corrected chi connectivity index (χ2v) is 6.20. The molecular formula is C19H18F2N2O. The molecule has 0 spiro atoms. The van der Waals surface area contributed by atoms with Gasteiger partial charge in [-0.05, 0) is 44.0 Å². The molecule has 2 heterocycles. The van der Waals surface area contributed by atoms with Crippen molar-refractivity contribution in [1.29, 1.82) is 0 Å². The molecular weight excluding hydrogens is 310 g/mol. The molecule has 0 saturated heterocycles. The lowest BCUT2D eigenvalue weighted by molar-refractivity contribution is 0.101. The SMILES string of the molecule is CC(=O)c1ccc2c(-c3c(F)cccc3F)c(C)nn2c1C(C)C. The molecule has 24 heavy (non-hydrogen) atoms. The van der Waals surface area contributed by atoms with Crippen molar-refractivity contribution in [3.05, 3.63) is 58.9 Å². The first-order valence-electron chi connectivity index (χ1n) is 7.80. The van der Waals surface area contributed by atoms with Crippen LogP contribution in [0.1, 0.15) is 48.4 Å². The number of halogens is 2. The molecule has 5 heteroatoms. The van der Waals surface area contributed by atoms with E-state index in [1.807, 2.05) is 13.8 Å². The first kappa shape index (κ1) is 16.3. The van der Waals surface area contributed by atoms with E-state index in [0.717, 1.165) is 5.69 Å². The lowest BCUT2D eigenvalue weighted by atomic mass is 9.98. The van der Waals surface area contributed by atoms with E-state index in [0.29, 0.717) is 22.3 Å². The summed E-state index contributed by atoms with van der Waals surface area (Å²) in [6, 6.07) is 7.20. The summed E-state index contributed by atoms with van der Waals surface area (Å²) < 4.78 is 30.2. The number of Topliss-reactive ketones (excluding diaryl/α,β-unsaturated/α-hetero) is 1. The summed E-state index contributed by atoms with van der Waals surface area (Å²) in [5.74, 6) is -1.29. The van der Waals surface area contributed by atoms with Crippen molar-refractivity contribution < 1.29 is 13.6 Å². The molecule has 0 amide bonds. The quantitative estimate of drug-likeness (QED) is 0.640. The molecule has 0 atom stereocenters. The zero-order valence-electron chi connectivity index (χ0n) is 14.0. The van der Waals surface area contributed by atoms with Crippen LogP contribution in [0.2, 0.25) is 0 Å². The summed E-state index contributed by atoms with van der Waals surface area (Å²) in [5, 5.41) is 4.47. The topological polar surface area (TPSA) is 34.4 Å². The molecule has 3 nitrogen and oxygen atoms in total. The summed E-state index contributed by atoms with van der Waals surface area (Å²) >= 11 is 0. The Morgan fingerprint density at radius 1 is 1.08 bits per heavy atom. The highest BCUT2D eigenvalue weighted by Crippen LogP contribution is 2.34. The van der Waals surface area contributed by atoms with Gasteiger partial charge in [0.1, 0.15) is 11.6 Å². The first-order chi connectivity index (χ1) is 11.3. The summed E-state index contributed by atoms with van der Waals surface area (Å²) in [5.41, 5.74) is 2.75. The smallest absolute Gasteiger partial charge is 0.161 e. The van der Waals surface area contributed by atoms with Crippen molar-refractivity contribution in [1.82, 2.24) is 9.61 Å². The van der Waals surface area contributed by atoms with Crippen molar-refractivity contribution in [2.45, 2.75) is 33.6 Å². The monoisotopic (exact) mass is 328 g/mol. The first-order valence-corrected chi connectivity index (χ1v) is 7.80. The van der Waals surface area contributed by atoms with Gasteiger partial charge in [-0.15, -0.1) is 0 Å². The van der Waals surface area contributed by atoms with Crippen molar-refractivity contribution in [2.24, 2.45) is 0 Å². The normalized spacial score (nSPS) is 11.5. The Hall–Kier alpha value is -2.56. The number of pyridine rings is 1. The zero-order chi connectivity index (χ0) is 17.6. The Balaban J connectivity index is 2.43. The minimum atomic E-state index is -0.630. The second kappa shape index (κ2) is 5.82. The molecule has 1 aromatic carbocycles. The van der Waals surface area contributed by atoms with E-state index in [1.54, 1.807) is 23.6 Å². The number of hydrogen-bond acceptors (Lipinski definition) is 2. The van der Waals surface area contributed by atoms with Gasteiger partial charge in [-0.25, -0.2) is 13.3 Å². The van der Waals surface area contributed by atoms with Crippen LogP contribution in [0.3, 0.4) is 0 Å². The summed E-state index contributed by atoms with van der Waals surface area (Å²) in [4.78, 5) is 11.9. The third-order valence-electron chi connectivity index (χ3n) is 4.15. The van der Waals surface area contributed by atoms with Crippen molar-refractivity contribution in [3.8, 4) is 11.1 Å². The van der Waals surface area contributed by atoms with E-state index in [4.69, 9.17) is 0 Å². The molecule has 0 saturated carbocycles. The molecule has 0 aliphatic rings. The van der Waals surface area contributed by atoms with Crippen LogP contribution in [0.25, 0.3) is 16.6 Å². The van der Waals surface area contributed by atoms with Gasteiger partial charge in [-0.2, -0.15) is 5.10 Å². The molecule has 0 N–H and O–H groups in total. The van der Waals surface area contributed by atoms with Crippen molar-refractivity contribution in [2.75, 3.05) is 0 Å². The van der Waals surface area contributed by atoms with Crippen molar-refractivity contribution >= 4 is 11.3 Å². The van der Waals surface area contributed by atoms with E-state index in [9.17, 15) is 13.6 Å². The summed E-state index contributed by atoms with van der Waals surface area (Å²) in [6.07, 6.45) is 0. The number of ketones is 1. The molecule has 124 valence electrons. The lowest BCUT2D eigenvalue weighted by Gasteiger charge is -2.13. The largest absolute Gasteiger partial charge is 0.294 e. The Kier molecular flexibility index (Phi) is 3.95. The molecule has 0 bridgehead atoms. The molecule has 3 rings (SSSR count). The van der Waals surface area contributed by atoms with Crippen LogP contribution in [-0.4, -0.2) is 15.4 Å². The van der Waals surface area contributed by atoms with Gasteiger partial charge in [0.25, 0.3) is 0 Å². The number of carbonyl (C=O) groups is 1. The predicted molar refractivity (Wildman–Crippen MR) is 89.4 cm³/mol. The van der Waals surface area contributed by atoms with E-state index >= 15 is 0 Å². The van der Waals surface area contributed by atoms with Gasteiger partial charge in [0, 0.05) is 11.1 Å². The third kappa shape index (κ3) is 2.40. The number of carbonyl (C=O) groups excluding carboxylic acids is 1. The Labute approximate surface area is 138 Å². The molecule has 3 aromatic rings. The molecule has 0 radical (unpaired) electrons. The summed E-state index contributed by atoms with van der Waals surface area (Å²) in [7, 11) is 0. The lowest BCUT2D eigenvalue weighted by Crippen LogP contribution is -2.09. The van der Waals surface area contributed by atoms with Gasteiger partial charge < -0.3 is 0 Å². The highest BCUT2D eigenvalue weighted by molar-refractivity contribution is 5.96. The number of rotatable bonds is 3. The second-order valence-electron chi connectivity index (χ2n) is 6.20. The fourth-order valence-corrected chi connectivity index (χ4v) is 3.14. The van der Waals surface area contributed by atoms with Gasteiger partial charge in [-0.3, -0.25) is 4.79 Å². The van der Waals surface area contributed by atoms with Crippen LogP contribution in [0.15, 0.2) is 30.3 Å². The third-order valence-corrected chi connectivity index (χ3v) is 4.15. The van der Waals surface area contributed by atoms with Gasteiger partial charge in [0.05, 0.1) is 22.5 Å². The van der Waals surface area contributed by atoms with Crippen LogP contribution in [0.5, 0.6) is 0 Å². The van der Waals surface area contributed by atoms with Crippen LogP contribution in [0.4, 0.5) is 8.78 Å². The van der Waals surface area contributed by atoms with E-state index in [-0.39, 0.29) is 17.3 Å². The highest BCUT2D eigenvalue weighted by Gasteiger charge is 2.23. The van der Waals surface area contributed by atoms with Crippen LogP contribution >= 0.6 is 0 Å². The Morgan fingerprint density at radius 3 is 2.25 bits per heavy atom. The maximum atomic E-state index is 14.3. The number of fused-ring (bicyclic) bond motifs is 1. The van der Waals surface area contributed by atoms with Gasteiger partial charge in [0.2, 0.25) is 0 Å². The van der Waals surface area contributed by atoms with Crippen LogP contribution < -0.4 is 0 Å². The van der Waals surface area contributed by atoms with Gasteiger partial charge in [-0.1, -0.05) is 19.9 Å². The minimum Gasteiger partial charge on any atom is -0.294 e.